The predicted molar refractivity (Wildman–Crippen MR) is 62.1 cm³/mol. The van der Waals surface area contributed by atoms with Gasteiger partial charge in [0.2, 0.25) is 0 Å². The van der Waals surface area contributed by atoms with Gasteiger partial charge < -0.3 is 4.57 Å². The topological polar surface area (TPSA) is 21.1 Å². The molecule has 3 nitrogen and oxygen atoms in total. The smallest absolute Gasteiger partial charge is 0.0949 e. The van der Waals surface area contributed by atoms with Gasteiger partial charge in [-0.25, -0.2) is 4.98 Å². The summed E-state index contributed by atoms with van der Waals surface area (Å²) >= 11 is 5.84. The molecule has 0 radical (unpaired) electrons. The monoisotopic (exact) mass is 227 g/mol. The van der Waals surface area contributed by atoms with E-state index in [1.165, 1.54) is 25.9 Å². The van der Waals surface area contributed by atoms with Gasteiger partial charge in [0.1, 0.15) is 0 Å². The van der Waals surface area contributed by atoms with Crippen LogP contribution in [0.3, 0.4) is 0 Å². The Hall–Kier alpha value is -0.540. The molecule has 0 aromatic carbocycles. The van der Waals surface area contributed by atoms with Crippen LogP contribution < -0.4 is 0 Å². The van der Waals surface area contributed by atoms with Crippen LogP contribution >= 0.6 is 11.6 Å². The third-order valence-electron chi connectivity index (χ3n) is 3.16. The Balaban J connectivity index is 1.95. The van der Waals surface area contributed by atoms with E-state index in [9.17, 15) is 0 Å². The van der Waals surface area contributed by atoms with Crippen LogP contribution in [-0.2, 0) is 12.4 Å². The molecule has 15 heavy (non-hydrogen) atoms. The fourth-order valence-electron chi connectivity index (χ4n) is 2.21. The van der Waals surface area contributed by atoms with Crippen LogP contribution in [-0.4, -0.2) is 33.6 Å². The zero-order valence-electron chi connectivity index (χ0n) is 9.19. The number of likely N-dealkylation sites (tertiary alicyclic amines) is 1. The molecule has 1 aliphatic rings. The normalized spacial score (nSPS) is 19.6. The molecule has 0 saturated carbocycles. The Kier molecular flexibility index (Phi) is 3.65. The second-order valence-corrected chi connectivity index (χ2v) is 4.53. The van der Waals surface area contributed by atoms with Crippen molar-refractivity contribution in [1.29, 1.82) is 0 Å². The lowest BCUT2D eigenvalue weighted by Gasteiger charge is -2.24. The molecular weight excluding hydrogens is 210 g/mol. The molecule has 84 valence electrons. The van der Waals surface area contributed by atoms with E-state index >= 15 is 0 Å². The highest BCUT2D eigenvalue weighted by Gasteiger charge is 2.18. The maximum Gasteiger partial charge on any atom is 0.0949 e. The Morgan fingerprint density at radius 1 is 1.47 bits per heavy atom. The van der Waals surface area contributed by atoms with Crippen LogP contribution in [0.15, 0.2) is 12.5 Å². The van der Waals surface area contributed by atoms with Crippen molar-refractivity contribution >= 4 is 11.6 Å². The summed E-state index contributed by atoms with van der Waals surface area (Å²) in [6.45, 7) is 5.77. The van der Waals surface area contributed by atoms with Gasteiger partial charge >= 0.3 is 0 Å². The van der Waals surface area contributed by atoms with Gasteiger partial charge in [-0.2, -0.15) is 0 Å². The first-order valence-electron chi connectivity index (χ1n) is 5.60. The molecule has 1 atom stereocenters. The summed E-state index contributed by atoms with van der Waals surface area (Å²) in [6.07, 6.45) is 6.42. The first-order valence-corrected chi connectivity index (χ1v) is 6.13. The van der Waals surface area contributed by atoms with Gasteiger partial charge in [-0.05, 0) is 32.9 Å². The largest absolute Gasteiger partial charge is 0.332 e. The number of nitrogens with zero attached hydrogens (tertiary/aromatic N) is 3. The fourth-order valence-corrected chi connectivity index (χ4v) is 2.43. The molecule has 1 aromatic rings. The number of aromatic nitrogens is 2. The quantitative estimate of drug-likeness (QED) is 0.735. The Morgan fingerprint density at radius 2 is 2.20 bits per heavy atom. The number of alkyl halides is 1. The molecule has 0 bridgehead atoms. The highest BCUT2D eigenvalue weighted by atomic mass is 35.5. The zero-order chi connectivity index (χ0) is 10.7. The molecule has 1 aromatic heterocycles. The molecule has 0 amide bonds. The average Bonchev–Trinajstić information content (AvgIpc) is 2.87. The van der Waals surface area contributed by atoms with E-state index in [4.69, 9.17) is 11.6 Å². The number of hydrogen-bond donors (Lipinski definition) is 0. The summed E-state index contributed by atoms with van der Waals surface area (Å²) in [4.78, 5) is 6.67. The van der Waals surface area contributed by atoms with E-state index in [0.717, 1.165) is 12.2 Å². The standard InChI is InChI=1S/C11H18ClN3/c1-10(14-4-2-3-5-14)8-15-9-13-7-11(15)6-12/h7,9-10H,2-6,8H2,1H3. The molecule has 1 aliphatic heterocycles. The molecule has 1 fully saturated rings. The summed E-state index contributed by atoms with van der Waals surface area (Å²) in [6, 6.07) is 0.587. The van der Waals surface area contributed by atoms with Crippen LogP contribution in [0.25, 0.3) is 0 Å². The van der Waals surface area contributed by atoms with E-state index in [1.807, 2.05) is 12.5 Å². The van der Waals surface area contributed by atoms with Gasteiger partial charge in [-0.3, -0.25) is 4.90 Å². The molecule has 2 rings (SSSR count). The SMILES string of the molecule is CC(Cn1cncc1CCl)N1CCCC1. The lowest BCUT2D eigenvalue weighted by Crippen LogP contribution is -2.33. The minimum atomic E-state index is 0.548. The van der Waals surface area contributed by atoms with Gasteiger partial charge in [0.05, 0.1) is 17.9 Å². The van der Waals surface area contributed by atoms with Crippen LogP contribution in [0, 0.1) is 0 Å². The molecular formula is C11H18ClN3. The summed E-state index contributed by atoms with van der Waals surface area (Å²) in [5, 5.41) is 0. The van der Waals surface area contributed by atoms with E-state index in [-0.39, 0.29) is 0 Å². The van der Waals surface area contributed by atoms with Gasteiger partial charge in [0.15, 0.2) is 0 Å². The Morgan fingerprint density at radius 3 is 2.87 bits per heavy atom. The van der Waals surface area contributed by atoms with E-state index in [0.29, 0.717) is 11.9 Å². The maximum atomic E-state index is 5.84. The van der Waals surface area contributed by atoms with Crippen molar-refractivity contribution in [3.63, 3.8) is 0 Å². The van der Waals surface area contributed by atoms with Crippen molar-refractivity contribution in [2.75, 3.05) is 13.1 Å². The number of halogens is 1. The minimum absolute atomic E-state index is 0.548. The summed E-state index contributed by atoms with van der Waals surface area (Å²) in [7, 11) is 0. The number of imidazole rings is 1. The van der Waals surface area contributed by atoms with Crippen molar-refractivity contribution in [2.45, 2.75) is 38.2 Å². The second kappa shape index (κ2) is 4.99. The van der Waals surface area contributed by atoms with Crippen LogP contribution in [0.5, 0.6) is 0 Å². The zero-order valence-corrected chi connectivity index (χ0v) is 9.95. The van der Waals surface area contributed by atoms with Crippen molar-refractivity contribution in [3.05, 3.63) is 18.2 Å². The first-order chi connectivity index (χ1) is 7.31. The highest BCUT2D eigenvalue weighted by Crippen LogP contribution is 2.14. The maximum absolute atomic E-state index is 5.84. The highest BCUT2D eigenvalue weighted by molar-refractivity contribution is 6.16. The number of rotatable bonds is 4. The summed E-state index contributed by atoms with van der Waals surface area (Å²) < 4.78 is 2.16. The molecule has 1 saturated heterocycles. The van der Waals surface area contributed by atoms with Gasteiger partial charge in [-0.15, -0.1) is 11.6 Å². The Labute approximate surface area is 96.0 Å². The summed E-state index contributed by atoms with van der Waals surface area (Å²) in [5.41, 5.74) is 1.11. The van der Waals surface area contributed by atoms with E-state index in [1.54, 1.807) is 0 Å². The molecule has 4 heteroatoms. The van der Waals surface area contributed by atoms with Crippen molar-refractivity contribution in [1.82, 2.24) is 14.5 Å². The minimum Gasteiger partial charge on any atom is -0.332 e. The van der Waals surface area contributed by atoms with Crippen molar-refractivity contribution < 1.29 is 0 Å². The van der Waals surface area contributed by atoms with Gasteiger partial charge in [0.25, 0.3) is 0 Å². The third kappa shape index (κ3) is 2.52. The van der Waals surface area contributed by atoms with Crippen LogP contribution in [0.2, 0.25) is 0 Å². The molecule has 1 unspecified atom stereocenters. The lowest BCUT2D eigenvalue weighted by molar-refractivity contribution is 0.234. The third-order valence-corrected chi connectivity index (χ3v) is 3.43. The average molecular weight is 228 g/mol. The van der Waals surface area contributed by atoms with E-state index in [2.05, 4.69) is 21.4 Å². The lowest BCUT2D eigenvalue weighted by atomic mass is 10.3. The second-order valence-electron chi connectivity index (χ2n) is 4.26. The number of hydrogen-bond acceptors (Lipinski definition) is 2. The first kappa shape index (κ1) is 11.0. The fraction of sp³-hybridized carbons (Fsp3) is 0.727. The van der Waals surface area contributed by atoms with Crippen molar-refractivity contribution in [2.24, 2.45) is 0 Å². The van der Waals surface area contributed by atoms with Crippen LogP contribution in [0.1, 0.15) is 25.5 Å². The molecule has 0 spiro atoms. The van der Waals surface area contributed by atoms with Gasteiger partial charge in [-0.1, -0.05) is 0 Å². The van der Waals surface area contributed by atoms with Crippen molar-refractivity contribution in [3.8, 4) is 0 Å². The van der Waals surface area contributed by atoms with E-state index < -0.39 is 0 Å². The molecule has 0 N–H and O–H groups in total. The van der Waals surface area contributed by atoms with Gasteiger partial charge in [0, 0.05) is 18.8 Å². The predicted octanol–water partition coefficient (Wildman–Crippen LogP) is 2.11. The Bertz CT molecular complexity index is 305. The van der Waals surface area contributed by atoms with Crippen LogP contribution in [0.4, 0.5) is 0 Å². The summed E-state index contributed by atoms with van der Waals surface area (Å²) in [5.74, 6) is 0.548. The molecule has 0 aliphatic carbocycles. The molecule has 2 heterocycles.